The van der Waals surface area contributed by atoms with Gasteiger partial charge < -0.3 is 5.32 Å². The second-order valence-corrected chi connectivity index (χ2v) is 5.40. The van der Waals surface area contributed by atoms with Crippen LogP contribution in [-0.2, 0) is 4.79 Å². The first kappa shape index (κ1) is 16.0. The summed E-state index contributed by atoms with van der Waals surface area (Å²) in [4.78, 5) is 31.4. The third-order valence-corrected chi connectivity index (χ3v) is 3.56. The van der Waals surface area contributed by atoms with Crippen molar-refractivity contribution in [3.63, 3.8) is 0 Å². The summed E-state index contributed by atoms with van der Waals surface area (Å²) < 4.78 is 0. The third-order valence-electron chi connectivity index (χ3n) is 2.72. The Morgan fingerprint density at radius 3 is 2.59 bits per heavy atom. The van der Waals surface area contributed by atoms with E-state index in [-0.39, 0.29) is 5.75 Å². The zero-order chi connectivity index (χ0) is 15.9. The molecule has 0 saturated carbocycles. The first-order chi connectivity index (χ1) is 10.6. The van der Waals surface area contributed by atoms with Gasteiger partial charge in [-0.3, -0.25) is 10.1 Å². The summed E-state index contributed by atoms with van der Waals surface area (Å²) in [5.41, 5.74) is 2.62. The minimum Gasteiger partial charge on any atom is -0.341 e. The number of urea groups is 1. The van der Waals surface area contributed by atoms with Crippen LogP contribution in [0.4, 0.5) is 4.79 Å². The number of hydrogen-bond acceptors (Lipinski definition) is 5. The number of thioether (sulfide) groups is 1. The highest BCUT2D eigenvalue weighted by atomic mass is 32.2. The Labute approximate surface area is 132 Å². The molecule has 7 heteroatoms. The first-order valence-corrected chi connectivity index (χ1v) is 7.62. The van der Waals surface area contributed by atoms with Gasteiger partial charge in [0.05, 0.1) is 11.4 Å². The van der Waals surface area contributed by atoms with Gasteiger partial charge in [0, 0.05) is 18.3 Å². The molecule has 0 unspecified atom stereocenters. The zero-order valence-electron chi connectivity index (χ0n) is 12.3. The van der Waals surface area contributed by atoms with Crippen LogP contribution in [0.3, 0.4) is 0 Å². The smallest absolute Gasteiger partial charge is 0.321 e. The Bertz CT molecular complexity index is 676. The van der Waals surface area contributed by atoms with E-state index in [1.54, 1.807) is 0 Å². The van der Waals surface area contributed by atoms with Crippen molar-refractivity contribution in [2.75, 3.05) is 12.8 Å². The summed E-state index contributed by atoms with van der Waals surface area (Å²) in [6.07, 6.45) is 0. The number of aryl methyl sites for hydroxylation is 1. The SMILES string of the molecule is CNC(=O)NC(=O)CSc1nc(C)cc(-c2ccccc2)n1. The van der Waals surface area contributed by atoms with Crippen molar-refractivity contribution in [1.29, 1.82) is 0 Å². The van der Waals surface area contributed by atoms with Crippen LogP contribution in [0.5, 0.6) is 0 Å². The highest BCUT2D eigenvalue weighted by Crippen LogP contribution is 2.21. The number of aromatic nitrogens is 2. The maximum absolute atomic E-state index is 11.6. The molecule has 0 spiro atoms. The van der Waals surface area contributed by atoms with Crippen molar-refractivity contribution in [3.05, 3.63) is 42.1 Å². The first-order valence-electron chi connectivity index (χ1n) is 6.64. The molecule has 114 valence electrons. The molecule has 2 N–H and O–H groups in total. The molecule has 0 atom stereocenters. The molecule has 22 heavy (non-hydrogen) atoms. The molecule has 1 heterocycles. The number of rotatable bonds is 4. The summed E-state index contributed by atoms with van der Waals surface area (Å²) in [5.74, 6) is -0.318. The summed E-state index contributed by atoms with van der Waals surface area (Å²) in [5, 5.41) is 5.02. The molecule has 0 fully saturated rings. The van der Waals surface area contributed by atoms with Crippen LogP contribution >= 0.6 is 11.8 Å². The van der Waals surface area contributed by atoms with Gasteiger partial charge in [-0.1, -0.05) is 42.1 Å². The second kappa shape index (κ2) is 7.56. The summed E-state index contributed by atoms with van der Waals surface area (Å²) in [6, 6.07) is 11.1. The fourth-order valence-corrected chi connectivity index (χ4v) is 2.42. The van der Waals surface area contributed by atoms with Crippen LogP contribution < -0.4 is 10.6 Å². The Kier molecular flexibility index (Phi) is 5.48. The maximum atomic E-state index is 11.6. The molecule has 6 nitrogen and oxygen atoms in total. The normalized spacial score (nSPS) is 10.1. The summed E-state index contributed by atoms with van der Waals surface area (Å²) >= 11 is 1.19. The maximum Gasteiger partial charge on any atom is 0.321 e. The van der Waals surface area contributed by atoms with E-state index < -0.39 is 11.9 Å². The number of nitrogens with zero attached hydrogens (tertiary/aromatic N) is 2. The van der Waals surface area contributed by atoms with E-state index in [1.807, 2.05) is 43.3 Å². The molecule has 0 radical (unpaired) electrons. The molecule has 0 bridgehead atoms. The van der Waals surface area contributed by atoms with Gasteiger partial charge in [-0.2, -0.15) is 0 Å². The molecule has 0 aliphatic carbocycles. The van der Waals surface area contributed by atoms with E-state index in [1.165, 1.54) is 18.8 Å². The lowest BCUT2D eigenvalue weighted by atomic mass is 10.1. The Morgan fingerprint density at radius 1 is 1.18 bits per heavy atom. The number of hydrogen-bond donors (Lipinski definition) is 2. The van der Waals surface area contributed by atoms with E-state index >= 15 is 0 Å². The van der Waals surface area contributed by atoms with E-state index in [2.05, 4.69) is 20.6 Å². The topological polar surface area (TPSA) is 84.0 Å². The molecule has 3 amide bonds. The van der Waals surface area contributed by atoms with E-state index in [0.29, 0.717) is 5.16 Å². The predicted octanol–water partition coefficient (Wildman–Crippen LogP) is 2.00. The fraction of sp³-hybridized carbons (Fsp3) is 0.200. The van der Waals surface area contributed by atoms with Crippen molar-refractivity contribution in [2.45, 2.75) is 12.1 Å². The third kappa shape index (κ3) is 4.56. The summed E-state index contributed by atoms with van der Waals surface area (Å²) in [6.45, 7) is 1.88. The molecule has 2 aromatic rings. The second-order valence-electron chi connectivity index (χ2n) is 4.46. The van der Waals surface area contributed by atoms with Gasteiger partial charge in [0.1, 0.15) is 0 Å². The monoisotopic (exact) mass is 316 g/mol. The minimum absolute atomic E-state index is 0.0745. The van der Waals surface area contributed by atoms with Crippen LogP contribution in [-0.4, -0.2) is 34.7 Å². The van der Waals surface area contributed by atoms with Gasteiger partial charge >= 0.3 is 6.03 Å². The molecule has 2 rings (SSSR count). The number of carbonyl (C=O) groups is 2. The van der Waals surface area contributed by atoms with Gasteiger partial charge in [-0.05, 0) is 13.0 Å². The number of carbonyl (C=O) groups excluding carboxylic acids is 2. The molecular formula is C15H16N4O2S. The number of benzene rings is 1. The van der Waals surface area contributed by atoms with Gasteiger partial charge in [-0.15, -0.1) is 0 Å². The van der Waals surface area contributed by atoms with E-state index in [4.69, 9.17) is 0 Å². The molecule has 1 aromatic carbocycles. The number of nitrogens with one attached hydrogen (secondary N) is 2. The van der Waals surface area contributed by atoms with Crippen molar-refractivity contribution in [1.82, 2.24) is 20.6 Å². The lowest BCUT2D eigenvalue weighted by molar-refractivity contribution is -0.117. The van der Waals surface area contributed by atoms with Crippen LogP contribution in [0.2, 0.25) is 0 Å². The fourth-order valence-electron chi connectivity index (χ4n) is 1.72. The van der Waals surface area contributed by atoms with Crippen LogP contribution in [0.15, 0.2) is 41.6 Å². The highest BCUT2D eigenvalue weighted by Gasteiger charge is 2.10. The Balaban J connectivity index is 2.07. The lowest BCUT2D eigenvalue weighted by Gasteiger charge is -2.06. The largest absolute Gasteiger partial charge is 0.341 e. The lowest BCUT2D eigenvalue weighted by Crippen LogP contribution is -2.38. The molecule has 0 aliphatic rings. The van der Waals surface area contributed by atoms with Crippen molar-refractivity contribution in [3.8, 4) is 11.3 Å². The molecule has 0 saturated heterocycles. The van der Waals surface area contributed by atoms with E-state index in [0.717, 1.165) is 17.0 Å². The van der Waals surface area contributed by atoms with Crippen molar-refractivity contribution < 1.29 is 9.59 Å². The molecule has 1 aromatic heterocycles. The van der Waals surface area contributed by atoms with Crippen LogP contribution in [0, 0.1) is 6.92 Å². The predicted molar refractivity (Wildman–Crippen MR) is 85.5 cm³/mol. The average Bonchev–Trinajstić information content (AvgIpc) is 2.53. The zero-order valence-corrected chi connectivity index (χ0v) is 13.1. The molecule has 0 aliphatic heterocycles. The Morgan fingerprint density at radius 2 is 1.91 bits per heavy atom. The average molecular weight is 316 g/mol. The number of amides is 3. The Hall–Kier alpha value is -2.41. The van der Waals surface area contributed by atoms with Crippen molar-refractivity contribution >= 4 is 23.7 Å². The van der Waals surface area contributed by atoms with E-state index in [9.17, 15) is 9.59 Å². The van der Waals surface area contributed by atoms with Gasteiger partial charge in [0.15, 0.2) is 5.16 Å². The van der Waals surface area contributed by atoms with Crippen LogP contribution in [0.25, 0.3) is 11.3 Å². The van der Waals surface area contributed by atoms with Crippen LogP contribution in [0.1, 0.15) is 5.69 Å². The number of imide groups is 1. The van der Waals surface area contributed by atoms with Gasteiger partial charge in [0.2, 0.25) is 5.91 Å². The van der Waals surface area contributed by atoms with Crippen molar-refractivity contribution in [2.24, 2.45) is 0 Å². The highest BCUT2D eigenvalue weighted by molar-refractivity contribution is 7.99. The quantitative estimate of drug-likeness (QED) is 0.666. The summed E-state index contributed by atoms with van der Waals surface area (Å²) in [7, 11) is 1.45. The molecular weight excluding hydrogens is 300 g/mol. The minimum atomic E-state index is -0.527. The van der Waals surface area contributed by atoms with Gasteiger partial charge in [0.25, 0.3) is 0 Å². The standard InChI is InChI=1S/C15H16N4O2S/c1-10-8-12(11-6-4-3-5-7-11)18-15(17-10)22-9-13(20)19-14(21)16-2/h3-8H,9H2,1-2H3,(H2,16,19,20,21). The van der Waals surface area contributed by atoms with Gasteiger partial charge in [-0.25, -0.2) is 14.8 Å².